The fraction of sp³-hybridized carbons (Fsp3) is 0.250. The Morgan fingerprint density at radius 3 is 2.61 bits per heavy atom. The maximum atomic E-state index is 12.1. The number of aromatic nitrogens is 3. The summed E-state index contributed by atoms with van der Waals surface area (Å²) in [6.45, 7) is 3.86. The van der Waals surface area contributed by atoms with Crippen LogP contribution in [0.5, 0.6) is 11.5 Å². The number of hydrogen-bond acceptors (Lipinski definition) is 7. The van der Waals surface area contributed by atoms with Crippen molar-refractivity contribution in [1.29, 1.82) is 0 Å². The van der Waals surface area contributed by atoms with Gasteiger partial charge in [0.2, 0.25) is 5.82 Å². The van der Waals surface area contributed by atoms with Crippen LogP contribution in [0.1, 0.15) is 19.9 Å². The SMILES string of the molecule is COc1ccc(-c2nc(-c3ccc4c(c3)oc(=O)n4C(C)C)no2)c(OC)c1. The summed E-state index contributed by atoms with van der Waals surface area (Å²) in [4.78, 5) is 16.5. The van der Waals surface area contributed by atoms with Crippen molar-refractivity contribution >= 4 is 11.1 Å². The summed E-state index contributed by atoms with van der Waals surface area (Å²) in [7, 11) is 3.14. The number of nitrogens with zero attached hydrogens (tertiary/aromatic N) is 3. The van der Waals surface area contributed by atoms with Gasteiger partial charge in [-0.25, -0.2) is 4.79 Å². The molecule has 0 amide bonds. The summed E-state index contributed by atoms with van der Waals surface area (Å²) >= 11 is 0. The molecule has 0 N–H and O–H groups in total. The van der Waals surface area contributed by atoms with Crippen LogP contribution < -0.4 is 15.2 Å². The molecule has 4 rings (SSSR count). The van der Waals surface area contributed by atoms with Gasteiger partial charge in [-0.1, -0.05) is 5.16 Å². The topological polar surface area (TPSA) is 92.5 Å². The smallest absolute Gasteiger partial charge is 0.420 e. The van der Waals surface area contributed by atoms with Crippen molar-refractivity contribution in [2.45, 2.75) is 19.9 Å². The van der Waals surface area contributed by atoms with Crippen molar-refractivity contribution in [1.82, 2.24) is 14.7 Å². The lowest BCUT2D eigenvalue weighted by molar-refractivity contribution is 0.391. The van der Waals surface area contributed by atoms with Crippen LogP contribution in [0.25, 0.3) is 33.9 Å². The van der Waals surface area contributed by atoms with E-state index in [0.717, 1.165) is 5.52 Å². The molecule has 0 atom stereocenters. The Hall–Kier alpha value is -3.55. The summed E-state index contributed by atoms with van der Waals surface area (Å²) in [5.41, 5.74) is 2.54. The monoisotopic (exact) mass is 381 g/mol. The van der Waals surface area contributed by atoms with Gasteiger partial charge in [0.15, 0.2) is 5.58 Å². The molecule has 0 bridgehead atoms. The third-order valence-corrected chi connectivity index (χ3v) is 4.45. The van der Waals surface area contributed by atoms with Crippen LogP contribution >= 0.6 is 0 Å². The van der Waals surface area contributed by atoms with Gasteiger partial charge in [-0.15, -0.1) is 0 Å². The van der Waals surface area contributed by atoms with E-state index >= 15 is 0 Å². The summed E-state index contributed by atoms with van der Waals surface area (Å²) in [6, 6.07) is 10.7. The zero-order chi connectivity index (χ0) is 19.8. The van der Waals surface area contributed by atoms with Crippen LogP contribution in [0, 0.1) is 0 Å². The maximum Gasteiger partial charge on any atom is 0.420 e. The lowest BCUT2D eigenvalue weighted by atomic mass is 10.1. The molecule has 0 saturated carbocycles. The molecule has 0 aliphatic rings. The highest BCUT2D eigenvalue weighted by molar-refractivity contribution is 5.79. The quantitative estimate of drug-likeness (QED) is 0.517. The minimum absolute atomic E-state index is 0.00100. The van der Waals surface area contributed by atoms with Crippen molar-refractivity contribution in [2.75, 3.05) is 14.2 Å². The van der Waals surface area contributed by atoms with Crippen molar-refractivity contribution in [2.24, 2.45) is 0 Å². The molecule has 2 aromatic heterocycles. The van der Waals surface area contributed by atoms with Gasteiger partial charge in [-0.3, -0.25) is 4.57 Å². The van der Waals surface area contributed by atoms with Crippen molar-refractivity contribution in [3.63, 3.8) is 0 Å². The third-order valence-electron chi connectivity index (χ3n) is 4.45. The highest BCUT2D eigenvalue weighted by atomic mass is 16.5. The van der Waals surface area contributed by atoms with Gasteiger partial charge in [-0.05, 0) is 44.2 Å². The zero-order valence-corrected chi connectivity index (χ0v) is 15.9. The van der Waals surface area contributed by atoms with E-state index < -0.39 is 0 Å². The Morgan fingerprint density at radius 1 is 1.07 bits per heavy atom. The number of rotatable bonds is 5. The van der Waals surface area contributed by atoms with E-state index in [4.69, 9.17) is 18.4 Å². The average molecular weight is 381 g/mol. The minimum Gasteiger partial charge on any atom is -0.497 e. The van der Waals surface area contributed by atoms with E-state index in [0.29, 0.717) is 39.9 Å². The molecule has 28 heavy (non-hydrogen) atoms. The summed E-state index contributed by atoms with van der Waals surface area (Å²) in [6.07, 6.45) is 0. The van der Waals surface area contributed by atoms with E-state index in [1.54, 1.807) is 43.1 Å². The Labute approximate surface area is 160 Å². The van der Waals surface area contributed by atoms with Gasteiger partial charge < -0.3 is 18.4 Å². The average Bonchev–Trinajstić information content (AvgIpc) is 3.30. The molecule has 0 spiro atoms. The first-order valence-electron chi connectivity index (χ1n) is 8.73. The van der Waals surface area contributed by atoms with Crippen LogP contribution in [0.2, 0.25) is 0 Å². The number of fused-ring (bicyclic) bond motifs is 1. The van der Waals surface area contributed by atoms with Crippen LogP contribution in [0.15, 0.2) is 50.1 Å². The summed E-state index contributed by atoms with van der Waals surface area (Å²) in [5.74, 6) is 1.53. The lowest BCUT2D eigenvalue weighted by Gasteiger charge is -2.06. The molecule has 0 fully saturated rings. The van der Waals surface area contributed by atoms with E-state index in [1.807, 2.05) is 26.0 Å². The second-order valence-electron chi connectivity index (χ2n) is 6.50. The fourth-order valence-corrected chi connectivity index (χ4v) is 3.09. The molecule has 144 valence electrons. The van der Waals surface area contributed by atoms with Crippen LogP contribution in [-0.4, -0.2) is 28.9 Å². The molecular formula is C20H19N3O5. The number of ether oxygens (including phenoxy) is 2. The molecular weight excluding hydrogens is 362 g/mol. The summed E-state index contributed by atoms with van der Waals surface area (Å²) < 4.78 is 23.0. The summed E-state index contributed by atoms with van der Waals surface area (Å²) in [5, 5.41) is 4.05. The number of methoxy groups -OCH3 is 2. The van der Waals surface area contributed by atoms with Gasteiger partial charge in [-0.2, -0.15) is 4.98 Å². The van der Waals surface area contributed by atoms with Crippen molar-refractivity contribution < 1.29 is 18.4 Å². The predicted octanol–water partition coefficient (Wildman–Crippen LogP) is 3.91. The number of oxazole rings is 1. The number of benzene rings is 2. The predicted molar refractivity (Wildman–Crippen MR) is 103 cm³/mol. The third kappa shape index (κ3) is 2.92. The van der Waals surface area contributed by atoms with Gasteiger partial charge in [0.1, 0.15) is 11.5 Å². The molecule has 0 radical (unpaired) electrons. The standard InChI is InChI=1S/C20H19N3O5/c1-11(2)23-15-8-5-12(9-17(15)27-20(23)24)18-21-19(28-22-18)14-7-6-13(25-3)10-16(14)26-4/h5-11H,1-4H3. The van der Waals surface area contributed by atoms with E-state index in [-0.39, 0.29) is 11.8 Å². The molecule has 4 aromatic rings. The van der Waals surface area contributed by atoms with Crippen molar-refractivity contribution in [3.05, 3.63) is 46.9 Å². The van der Waals surface area contributed by atoms with Crippen molar-refractivity contribution in [3.8, 4) is 34.3 Å². The largest absolute Gasteiger partial charge is 0.497 e. The molecule has 8 heteroatoms. The normalized spacial score (nSPS) is 11.3. The molecule has 2 aromatic carbocycles. The van der Waals surface area contributed by atoms with Crippen LogP contribution in [-0.2, 0) is 0 Å². The first kappa shape index (κ1) is 17.8. The Balaban J connectivity index is 1.75. The Bertz CT molecular complexity index is 1200. The van der Waals surface area contributed by atoms with Gasteiger partial charge in [0.25, 0.3) is 5.89 Å². The zero-order valence-electron chi connectivity index (χ0n) is 15.9. The molecule has 8 nitrogen and oxygen atoms in total. The highest BCUT2D eigenvalue weighted by Gasteiger charge is 2.18. The van der Waals surface area contributed by atoms with Gasteiger partial charge in [0, 0.05) is 17.7 Å². The van der Waals surface area contributed by atoms with Gasteiger partial charge >= 0.3 is 5.76 Å². The Morgan fingerprint density at radius 2 is 1.89 bits per heavy atom. The minimum atomic E-state index is -0.390. The highest BCUT2D eigenvalue weighted by Crippen LogP contribution is 2.33. The van der Waals surface area contributed by atoms with E-state index in [1.165, 1.54) is 0 Å². The van der Waals surface area contributed by atoms with Crippen LogP contribution in [0.4, 0.5) is 0 Å². The fourth-order valence-electron chi connectivity index (χ4n) is 3.09. The Kier molecular flexibility index (Phi) is 4.38. The second kappa shape index (κ2) is 6.88. The molecule has 0 aliphatic carbocycles. The first-order chi connectivity index (χ1) is 13.5. The van der Waals surface area contributed by atoms with E-state index in [2.05, 4.69) is 10.1 Å². The van der Waals surface area contributed by atoms with E-state index in [9.17, 15) is 4.79 Å². The second-order valence-corrected chi connectivity index (χ2v) is 6.50. The first-order valence-corrected chi connectivity index (χ1v) is 8.73. The molecule has 0 unspecified atom stereocenters. The molecule has 0 aliphatic heterocycles. The molecule has 0 saturated heterocycles. The number of hydrogen-bond donors (Lipinski definition) is 0. The molecule has 2 heterocycles. The lowest BCUT2D eigenvalue weighted by Crippen LogP contribution is -2.15. The van der Waals surface area contributed by atoms with Crippen LogP contribution in [0.3, 0.4) is 0 Å². The van der Waals surface area contributed by atoms with Gasteiger partial charge in [0.05, 0.1) is 25.3 Å². The maximum absolute atomic E-state index is 12.1.